The molecule has 6 nitrogen and oxygen atoms in total. The van der Waals surface area contributed by atoms with Crippen molar-refractivity contribution in [3.8, 4) is 0 Å². The Kier molecular flexibility index (Phi) is 5.17. The Morgan fingerprint density at radius 1 is 1.43 bits per heavy atom. The molecule has 0 spiro atoms. The summed E-state index contributed by atoms with van der Waals surface area (Å²) >= 11 is -5.65. The quantitative estimate of drug-likeness (QED) is 0.703. The molecule has 0 heterocycles. The third-order valence-corrected chi connectivity index (χ3v) is 5.50. The normalized spacial score (nSPS) is 15.4. The molecule has 14 heavy (non-hydrogen) atoms. The molecule has 0 aromatic heterocycles. The molecule has 0 fully saturated rings. The molecular formula is C6H14O6SSe. The number of rotatable bonds is 6. The predicted molar refractivity (Wildman–Crippen MR) is 48.3 cm³/mol. The average molecular weight is 293 g/mol. The molecule has 1 N–H and O–H groups in total. The van der Waals surface area contributed by atoms with Crippen LogP contribution in [0, 0.1) is 0 Å². The van der Waals surface area contributed by atoms with Crippen LogP contribution in [0.1, 0.15) is 33.1 Å². The van der Waals surface area contributed by atoms with E-state index in [0.29, 0.717) is 12.8 Å². The van der Waals surface area contributed by atoms with Crippen LogP contribution < -0.4 is 0 Å². The fourth-order valence-electron chi connectivity index (χ4n) is 0.823. The SMILES string of the molecule is CCCCC(C)S(=O)(=O)O[Se](=O)(=O)O. The van der Waals surface area contributed by atoms with Gasteiger partial charge >= 0.3 is 85.4 Å². The fraction of sp³-hybridized carbons (Fsp3) is 1.00. The van der Waals surface area contributed by atoms with E-state index < -0.39 is 28.7 Å². The van der Waals surface area contributed by atoms with Gasteiger partial charge in [-0.1, -0.05) is 0 Å². The van der Waals surface area contributed by atoms with Crippen LogP contribution in [0.2, 0.25) is 0 Å². The van der Waals surface area contributed by atoms with Crippen molar-refractivity contribution in [2.24, 2.45) is 0 Å². The van der Waals surface area contributed by atoms with Gasteiger partial charge in [-0.15, -0.1) is 0 Å². The fourth-order valence-corrected chi connectivity index (χ4v) is 4.00. The third-order valence-electron chi connectivity index (χ3n) is 1.64. The molecule has 0 radical (unpaired) electrons. The van der Waals surface area contributed by atoms with E-state index in [2.05, 4.69) is 3.27 Å². The molecule has 0 aromatic rings. The van der Waals surface area contributed by atoms with Crippen molar-refractivity contribution in [2.45, 2.75) is 38.4 Å². The summed E-state index contributed by atoms with van der Waals surface area (Å²) in [5, 5.41) is -0.922. The number of hydrogen-bond donors (Lipinski definition) is 1. The van der Waals surface area contributed by atoms with Crippen molar-refractivity contribution in [3.05, 3.63) is 0 Å². The first-order chi connectivity index (χ1) is 6.19. The first-order valence-corrected chi connectivity index (χ1v) is 8.45. The van der Waals surface area contributed by atoms with Gasteiger partial charge < -0.3 is 0 Å². The van der Waals surface area contributed by atoms with Gasteiger partial charge in [0.25, 0.3) is 0 Å². The van der Waals surface area contributed by atoms with Crippen LogP contribution in [-0.4, -0.2) is 31.2 Å². The Balaban J connectivity index is 4.48. The average Bonchev–Trinajstić information content (AvgIpc) is 1.95. The first kappa shape index (κ1) is 14.0. The second kappa shape index (κ2) is 5.18. The molecule has 0 rings (SSSR count). The summed E-state index contributed by atoms with van der Waals surface area (Å²) in [5.41, 5.74) is 0. The van der Waals surface area contributed by atoms with Crippen molar-refractivity contribution < 1.29 is 23.5 Å². The van der Waals surface area contributed by atoms with Crippen LogP contribution in [-0.2, 0) is 21.1 Å². The monoisotopic (exact) mass is 294 g/mol. The topological polar surface area (TPSA) is 97.7 Å². The maximum absolute atomic E-state index is 11.1. The van der Waals surface area contributed by atoms with Gasteiger partial charge in [0.05, 0.1) is 0 Å². The van der Waals surface area contributed by atoms with Crippen LogP contribution in [0.5, 0.6) is 0 Å². The zero-order chi connectivity index (χ0) is 11.4. The molecule has 86 valence electrons. The molecule has 0 aliphatic heterocycles. The van der Waals surface area contributed by atoms with E-state index in [0.717, 1.165) is 6.42 Å². The molecule has 0 aliphatic rings. The second-order valence-corrected chi connectivity index (χ2v) is 7.52. The Morgan fingerprint density at radius 2 is 1.93 bits per heavy atom. The van der Waals surface area contributed by atoms with Gasteiger partial charge in [0, 0.05) is 0 Å². The van der Waals surface area contributed by atoms with Crippen LogP contribution in [0.15, 0.2) is 0 Å². The van der Waals surface area contributed by atoms with Crippen molar-refractivity contribution in [1.82, 2.24) is 0 Å². The summed E-state index contributed by atoms with van der Waals surface area (Å²) < 4.78 is 54.7. The molecule has 1 atom stereocenters. The summed E-state index contributed by atoms with van der Waals surface area (Å²) in [5.74, 6) is 0. The second-order valence-electron chi connectivity index (χ2n) is 2.94. The Bertz CT molecular complexity index is 356. The van der Waals surface area contributed by atoms with Gasteiger partial charge in [-0.3, -0.25) is 0 Å². The number of unbranched alkanes of at least 4 members (excludes halogenated alkanes) is 1. The van der Waals surface area contributed by atoms with E-state index in [-0.39, 0.29) is 0 Å². The molecule has 0 saturated carbocycles. The van der Waals surface area contributed by atoms with E-state index >= 15 is 0 Å². The first-order valence-electron chi connectivity index (χ1n) is 4.11. The van der Waals surface area contributed by atoms with Gasteiger partial charge in [-0.2, -0.15) is 0 Å². The maximum atomic E-state index is 11.1. The molecule has 1 unspecified atom stereocenters. The molecule has 0 aromatic carbocycles. The van der Waals surface area contributed by atoms with Crippen LogP contribution in [0.3, 0.4) is 0 Å². The van der Waals surface area contributed by atoms with Gasteiger partial charge in [0.1, 0.15) is 0 Å². The van der Waals surface area contributed by atoms with Crippen LogP contribution in [0.4, 0.5) is 0 Å². The molecular weight excluding hydrogens is 279 g/mol. The Labute approximate surface area is 85.7 Å². The van der Waals surface area contributed by atoms with E-state index in [1.54, 1.807) is 0 Å². The zero-order valence-electron chi connectivity index (χ0n) is 8.00. The minimum atomic E-state index is -5.65. The molecule has 0 amide bonds. The van der Waals surface area contributed by atoms with Crippen LogP contribution >= 0.6 is 0 Å². The molecule has 0 aliphatic carbocycles. The minimum absolute atomic E-state index is 0.312. The number of hydrogen-bond acceptors (Lipinski definition) is 5. The van der Waals surface area contributed by atoms with Crippen molar-refractivity contribution in [1.29, 1.82) is 0 Å². The molecule has 0 bridgehead atoms. The molecule has 0 saturated heterocycles. The van der Waals surface area contributed by atoms with Crippen molar-refractivity contribution in [2.75, 3.05) is 0 Å². The van der Waals surface area contributed by atoms with Crippen molar-refractivity contribution >= 4 is 23.5 Å². The standard InChI is InChI=1S/C6H14O6SSe/c1-3-4-5-6(2)13(7,8)12-14(9,10)11/h6H,3-5H2,1-2H3,(H,9,10,11). The molecule has 8 heteroatoms. The van der Waals surface area contributed by atoms with Crippen LogP contribution in [0.25, 0.3) is 0 Å². The van der Waals surface area contributed by atoms with E-state index in [9.17, 15) is 16.1 Å². The Hall–Kier alpha value is -0.0105. The Morgan fingerprint density at radius 3 is 2.29 bits per heavy atom. The summed E-state index contributed by atoms with van der Waals surface area (Å²) in [4.78, 5) is 0. The van der Waals surface area contributed by atoms with Gasteiger partial charge in [-0.05, 0) is 0 Å². The summed E-state index contributed by atoms with van der Waals surface area (Å²) in [7, 11) is -4.20. The van der Waals surface area contributed by atoms with E-state index in [1.807, 2.05) is 6.92 Å². The van der Waals surface area contributed by atoms with E-state index in [1.165, 1.54) is 6.92 Å². The van der Waals surface area contributed by atoms with Gasteiger partial charge in [0.2, 0.25) is 0 Å². The van der Waals surface area contributed by atoms with E-state index in [4.69, 9.17) is 4.19 Å². The summed E-state index contributed by atoms with van der Waals surface area (Å²) in [6, 6.07) is 0. The van der Waals surface area contributed by atoms with Gasteiger partial charge in [-0.25, -0.2) is 0 Å². The zero-order valence-corrected chi connectivity index (χ0v) is 10.5. The predicted octanol–water partition coefficient (Wildman–Crippen LogP) is 0.200. The van der Waals surface area contributed by atoms with Crippen molar-refractivity contribution in [3.63, 3.8) is 0 Å². The van der Waals surface area contributed by atoms with Gasteiger partial charge in [0.15, 0.2) is 0 Å². The summed E-state index contributed by atoms with van der Waals surface area (Å²) in [6.45, 7) is 3.22. The third kappa shape index (κ3) is 5.66. The summed E-state index contributed by atoms with van der Waals surface area (Å²) in [6.07, 6.45) is 1.77.